The lowest BCUT2D eigenvalue weighted by Gasteiger charge is -2.17. The van der Waals surface area contributed by atoms with Crippen LogP contribution < -0.4 is 0 Å². The maximum atomic E-state index is 12.7. The van der Waals surface area contributed by atoms with Crippen molar-refractivity contribution in [2.75, 3.05) is 0 Å². The quantitative estimate of drug-likeness (QED) is 0.683. The minimum Gasteiger partial charge on any atom is -0.710 e. The van der Waals surface area contributed by atoms with Gasteiger partial charge in [-0.15, -0.1) is 0 Å². The molecule has 0 heterocycles. The Morgan fingerprint density at radius 3 is 1.80 bits per heavy atom. The van der Waals surface area contributed by atoms with Gasteiger partial charge in [0.1, 0.15) is 0 Å². The standard InChI is InChI=1S/C17H19N2O4S2/c1-3-13(2)14-9-11-16(12-10-14)25(22,23)17(19-18)24(20,21)15-7-5-4-6-8-15/h4-13,17H,3H2,1-2H3/q-1. The van der Waals surface area contributed by atoms with Crippen molar-refractivity contribution in [3.8, 4) is 0 Å². The van der Waals surface area contributed by atoms with E-state index in [-0.39, 0.29) is 15.7 Å². The van der Waals surface area contributed by atoms with E-state index in [1.807, 2.05) is 13.8 Å². The summed E-state index contributed by atoms with van der Waals surface area (Å²) < 4.78 is 48.2. The van der Waals surface area contributed by atoms with Gasteiger partial charge in [-0.3, -0.25) is 0 Å². The SMILES string of the molecule is CCC(C)c1ccc(S(=O)(=O)C(N=[N-])S(=O)(=O)c2ccccc2)cc1. The van der Waals surface area contributed by atoms with E-state index in [0.717, 1.165) is 12.0 Å². The van der Waals surface area contributed by atoms with Crippen molar-refractivity contribution in [2.24, 2.45) is 5.11 Å². The first kappa shape index (κ1) is 19.3. The summed E-state index contributed by atoms with van der Waals surface area (Å²) in [4.78, 5) is -0.431. The van der Waals surface area contributed by atoms with Crippen molar-refractivity contribution in [3.05, 3.63) is 65.7 Å². The maximum absolute atomic E-state index is 12.7. The second kappa shape index (κ2) is 7.45. The van der Waals surface area contributed by atoms with Gasteiger partial charge in [0.25, 0.3) is 0 Å². The largest absolute Gasteiger partial charge is 0.710 e. The maximum Gasteiger partial charge on any atom is 0.241 e. The topological polar surface area (TPSA) is 103 Å². The molecule has 2 aromatic carbocycles. The third-order valence-electron chi connectivity index (χ3n) is 4.09. The van der Waals surface area contributed by atoms with E-state index < -0.39 is 24.4 Å². The fourth-order valence-corrected chi connectivity index (χ4v) is 6.12. The van der Waals surface area contributed by atoms with Gasteiger partial charge in [-0.1, -0.05) is 44.2 Å². The Labute approximate surface area is 148 Å². The fourth-order valence-electron chi connectivity index (χ4n) is 2.36. The van der Waals surface area contributed by atoms with Crippen molar-refractivity contribution in [3.63, 3.8) is 0 Å². The number of sulfone groups is 2. The van der Waals surface area contributed by atoms with Gasteiger partial charge in [0.2, 0.25) is 24.4 Å². The summed E-state index contributed by atoms with van der Waals surface area (Å²) in [6.07, 6.45) is 0.892. The molecule has 134 valence electrons. The van der Waals surface area contributed by atoms with Crippen LogP contribution in [0.15, 0.2) is 69.5 Å². The summed E-state index contributed by atoms with van der Waals surface area (Å²) >= 11 is 0. The van der Waals surface area contributed by atoms with Crippen LogP contribution in [-0.2, 0) is 19.7 Å². The van der Waals surface area contributed by atoms with E-state index in [4.69, 9.17) is 5.53 Å². The Morgan fingerprint density at radius 1 is 0.880 bits per heavy atom. The van der Waals surface area contributed by atoms with E-state index in [2.05, 4.69) is 5.11 Å². The minimum absolute atomic E-state index is 0.207. The molecular weight excluding hydrogens is 360 g/mol. The summed E-state index contributed by atoms with van der Waals surface area (Å²) in [6, 6.07) is 13.0. The number of rotatable bonds is 7. The van der Waals surface area contributed by atoms with Crippen LogP contribution in [0.3, 0.4) is 0 Å². The van der Waals surface area contributed by atoms with E-state index in [0.29, 0.717) is 0 Å². The van der Waals surface area contributed by atoms with Gasteiger partial charge >= 0.3 is 0 Å². The Kier molecular flexibility index (Phi) is 5.74. The molecule has 0 aliphatic rings. The molecule has 0 saturated carbocycles. The first-order valence-corrected chi connectivity index (χ1v) is 10.8. The normalized spacial score (nSPS) is 14.6. The van der Waals surface area contributed by atoms with Crippen LogP contribution in [0.5, 0.6) is 0 Å². The molecule has 0 saturated heterocycles. The van der Waals surface area contributed by atoms with E-state index in [1.54, 1.807) is 18.2 Å². The predicted molar refractivity (Wildman–Crippen MR) is 95.5 cm³/mol. The lowest BCUT2D eigenvalue weighted by atomic mass is 9.99. The molecule has 0 aliphatic heterocycles. The molecule has 8 heteroatoms. The van der Waals surface area contributed by atoms with Crippen molar-refractivity contribution in [1.82, 2.24) is 0 Å². The van der Waals surface area contributed by atoms with Crippen LogP contribution in [0.2, 0.25) is 0 Å². The second-order valence-electron chi connectivity index (χ2n) is 5.70. The van der Waals surface area contributed by atoms with Gasteiger partial charge in [0.05, 0.1) is 9.79 Å². The van der Waals surface area contributed by atoms with Crippen LogP contribution in [0.1, 0.15) is 31.7 Å². The van der Waals surface area contributed by atoms with E-state index in [9.17, 15) is 16.8 Å². The van der Waals surface area contributed by atoms with Gasteiger partial charge in [-0.25, -0.2) is 16.8 Å². The Hall–Kier alpha value is -2.06. The van der Waals surface area contributed by atoms with Gasteiger partial charge in [0.15, 0.2) is 0 Å². The molecule has 0 bridgehead atoms. The number of hydrogen-bond donors (Lipinski definition) is 0. The average molecular weight is 379 g/mol. The zero-order valence-electron chi connectivity index (χ0n) is 13.9. The third-order valence-corrected chi connectivity index (χ3v) is 8.72. The summed E-state index contributed by atoms with van der Waals surface area (Å²) in [6.45, 7) is 4.03. The first-order valence-electron chi connectivity index (χ1n) is 7.72. The molecule has 0 N–H and O–H groups in total. The zero-order chi connectivity index (χ0) is 18.7. The van der Waals surface area contributed by atoms with Gasteiger partial charge in [-0.2, -0.15) is 0 Å². The van der Waals surface area contributed by atoms with Gasteiger partial charge in [-0.05, 0) is 42.2 Å². The molecule has 0 aromatic heterocycles. The predicted octanol–water partition coefficient (Wildman–Crippen LogP) is 3.75. The highest BCUT2D eigenvalue weighted by atomic mass is 32.3. The highest BCUT2D eigenvalue weighted by Crippen LogP contribution is 2.28. The van der Waals surface area contributed by atoms with Crippen LogP contribution in [0.25, 0.3) is 5.53 Å². The van der Waals surface area contributed by atoms with Crippen LogP contribution in [0.4, 0.5) is 0 Å². The van der Waals surface area contributed by atoms with E-state index in [1.165, 1.54) is 36.4 Å². The molecule has 2 unspecified atom stereocenters. The van der Waals surface area contributed by atoms with Crippen LogP contribution in [0, 0.1) is 0 Å². The van der Waals surface area contributed by atoms with Crippen molar-refractivity contribution >= 4 is 19.7 Å². The Morgan fingerprint density at radius 2 is 1.36 bits per heavy atom. The molecule has 0 fully saturated rings. The zero-order valence-corrected chi connectivity index (χ0v) is 15.5. The molecule has 2 aromatic rings. The molecule has 0 spiro atoms. The smallest absolute Gasteiger partial charge is 0.241 e. The van der Waals surface area contributed by atoms with Gasteiger partial charge < -0.3 is 10.6 Å². The molecule has 25 heavy (non-hydrogen) atoms. The van der Waals surface area contributed by atoms with Gasteiger partial charge in [0, 0.05) is 0 Å². The fraction of sp³-hybridized carbons (Fsp3) is 0.294. The first-order chi connectivity index (χ1) is 11.7. The van der Waals surface area contributed by atoms with Crippen molar-refractivity contribution in [2.45, 2.75) is 40.7 Å². The minimum atomic E-state index is -4.41. The summed E-state index contributed by atoms with van der Waals surface area (Å²) in [5.74, 6) is 0.253. The Balaban J connectivity index is 2.48. The highest BCUT2D eigenvalue weighted by molar-refractivity contribution is 8.09. The lowest BCUT2D eigenvalue weighted by molar-refractivity contribution is 0.575. The van der Waals surface area contributed by atoms with Crippen molar-refractivity contribution in [1.29, 1.82) is 0 Å². The summed E-state index contributed by atoms with van der Waals surface area (Å²) in [5.41, 5.74) is 10.1. The molecule has 6 nitrogen and oxygen atoms in total. The average Bonchev–Trinajstić information content (AvgIpc) is 2.62. The molecular formula is C17H19N2O4S2-. The Bertz CT molecular complexity index is 938. The second-order valence-corrected chi connectivity index (χ2v) is 10.0. The number of hydrogen-bond acceptors (Lipinski definition) is 5. The number of benzene rings is 2. The third kappa shape index (κ3) is 3.80. The lowest BCUT2D eigenvalue weighted by Crippen LogP contribution is -2.28. The summed E-state index contributed by atoms with van der Waals surface area (Å²) in [5, 5.41) is 2.68. The summed E-state index contributed by atoms with van der Waals surface area (Å²) in [7, 11) is -8.80. The van der Waals surface area contributed by atoms with Crippen LogP contribution in [-0.4, -0.2) is 21.5 Å². The monoisotopic (exact) mass is 379 g/mol. The molecule has 0 amide bonds. The van der Waals surface area contributed by atoms with Crippen LogP contribution >= 0.6 is 0 Å². The molecule has 0 radical (unpaired) electrons. The van der Waals surface area contributed by atoms with Crippen molar-refractivity contribution < 1.29 is 16.8 Å². The number of nitrogens with zero attached hydrogens (tertiary/aromatic N) is 2. The van der Waals surface area contributed by atoms with E-state index >= 15 is 0 Å². The molecule has 2 atom stereocenters. The molecule has 0 aliphatic carbocycles. The highest BCUT2D eigenvalue weighted by Gasteiger charge is 2.37. The molecule has 2 rings (SSSR count).